The minimum Gasteiger partial charge on any atom is -0.497 e. The first-order chi connectivity index (χ1) is 16.3. The first kappa shape index (κ1) is 26.5. The Morgan fingerprint density at radius 2 is 1.62 bits per heavy atom. The number of hydrogen-bond acceptors (Lipinski definition) is 7. The normalized spacial score (nSPS) is 10.5. The van der Waals surface area contributed by atoms with Gasteiger partial charge in [-0.2, -0.15) is 0 Å². The van der Waals surface area contributed by atoms with Gasteiger partial charge < -0.3 is 23.7 Å². The van der Waals surface area contributed by atoms with Crippen molar-refractivity contribution in [2.45, 2.75) is 27.2 Å². The van der Waals surface area contributed by atoms with Gasteiger partial charge in [0.15, 0.2) is 12.4 Å². The summed E-state index contributed by atoms with van der Waals surface area (Å²) in [6.45, 7) is 5.53. The molecule has 0 aromatic heterocycles. The minimum atomic E-state index is -0.537. The van der Waals surface area contributed by atoms with E-state index in [0.717, 1.165) is 16.9 Å². The summed E-state index contributed by atoms with van der Waals surface area (Å²) >= 11 is 0. The van der Waals surface area contributed by atoms with Crippen molar-refractivity contribution in [3.05, 3.63) is 64.7 Å². The lowest BCUT2D eigenvalue weighted by Crippen LogP contribution is -2.17. The number of methoxy groups -OCH3 is 3. The highest BCUT2D eigenvalue weighted by Gasteiger charge is 2.25. The van der Waals surface area contributed by atoms with Crippen molar-refractivity contribution in [2.24, 2.45) is 0 Å². The fourth-order valence-electron chi connectivity index (χ4n) is 3.19. The Bertz CT molecular complexity index is 1050. The molecule has 0 N–H and O–H groups in total. The van der Waals surface area contributed by atoms with E-state index in [1.807, 2.05) is 44.2 Å². The van der Waals surface area contributed by atoms with Gasteiger partial charge in [0, 0.05) is 11.6 Å². The molecule has 0 atom stereocenters. The van der Waals surface area contributed by atoms with Crippen molar-refractivity contribution >= 4 is 17.8 Å². The van der Waals surface area contributed by atoms with E-state index in [0.29, 0.717) is 17.7 Å². The van der Waals surface area contributed by atoms with Crippen LogP contribution in [0, 0.1) is 0 Å². The van der Waals surface area contributed by atoms with Gasteiger partial charge in [-0.1, -0.05) is 29.9 Å². The number of esters is 1. The van der Waals surface area contributed by atoms with Crippen LogP contribution in [0.25, 0.3) is 6.08 Å². The zero-order valence-corrected chi connectivity index (χ0v) is 20.6. The van der Waals surface area contributed by atoms with Crippen LogP contribution in [0.15, 0.2) is 48.1 Å². The maximum Gasteiger partial charge on any atom is 0.344 e. The second kappa shape index (κ2) is 13.1. The molecule has 7 heteroatoms. The van der Waals surface area contributed by atoms with Crippen LogP contribution in [-0.4, -0.2) is 46.3 Å². The SMILES string of the molecule is CCOC(=O)COc1c(CC=C(C)C)c(OC)cc(OC)c1C(=O)/C=C/c1ccc(OC)cc1. The Morgan fingerprint density at radius 3 is 2.18 bits per heavy atom. The van der Waals surface area contributed by atoms with Crippen molar-refractivity contribution in [3.63, 3.8) is 0 Å². The van der Waals surface area contributed by atoms with Crippen LogP contribution in [-0.2, 0) is 16.0 Å². The molecule has 0 saturated heterocycles. The summed E-state index contributed by atoms with van der Waals surface area (Å²) in [5.74, 6) is 0.840. The molecule has 0 unspecified atom stereocenters. The predicted molar refractivity (Wildman–Crippen MR) is 131 cm³/mol. The van der Waals surface area contributed by atoms with Crippen LogP contribution in [0.2, 0.25) is 0 Å². The third-order valence-corrected chi connectivity index (χ3v) is 4.89. The molecular weight excluding hydrogens is 436 g/mol. The number of carbonyl (C=O) groups is 2. The molecule has 182 valence electrons. The number of benzene rings is 2. The summed E-state index contributed by atoms with van der Waals surface area (Å²) in [5, 5.41) is 0. The van der Waals surface area contributed by atoms with E-state index in [1.165, 1.54) is 20.3 Å². The van der Waals surface area contributed by atoms with E-state index in [-0.39, 0.29) is 36.1 Å². The number of ether oxygens (including phenoxy) is 5. The highest BCUT2D eigenvalue weighted by molar-refractivity contribution is 6.11. The molecule has 0 bridgehead atoms. The Balaban J connectivity index is 2.57. The summed E-state index contributed by atoms with van der Waals surface area (Å²) in [6.07, 6.45) is 5.56. The van der Waals surface area contributed by atoms with E-state index in [1.54, 1.807) is 26.2 Å². The van der Waals surface area contributed by atoms with Crippen molar-refractivity contribution in [2.75, 3.05) is 34.5 Å². The molecule has 0 fully saturated rings. The Kier molecular flexibility index (Phi) is 10.2. The molecular formula is C27H32O7. The topological polar surface area (TPSA) is 80.3 Å². The summed E-state index contributed by atoms with van der Waals surface area (Å²) in [6, 6.07) is 8.95. The lowest BCUT2D eigenvalue weighted by molar-refractivity contribution is -0.145. The Morgan fingerprint density at radius 1 is 0.941 bits per heavy atom. The molecule has 0 spiro atoms. The zero-order valence-electron chi connectivity index (χ0n) is 20.6. The second-order valence-corrected chi connectivity index (χ2v) is 7.51. The van der Waals surface area contributed by atoms with Crippen LogP contribution < -0.4 is 18.9 Å². The average Bonchev–Trinajstić information content (AvgIpc) is 2.84. The van der Waals surface area contributed by atoms with Crippen LogP contribution in [0.1, 0.15) is 42.3 Å². The van der Waals surface area contributed by atoms with Gasteiger partial charge in [0.2, 0.25) is 0 Å². The lowest BCUT2D eigenvalue weighted by atomic mass is 9.98. The van der Waals surface area contributed by atoms with Crippen LogP contribution in [0.3, 0.4) is 0 Å². The van der Waals surface area contributed by atoms with Gasteiger partial charge in [0.05, 0.1) is 27.9 Å². The molecule has 0 heterocycles. The fourth-order valence-corrected chi connectivity index (χ4v) is 3.19. The molecule has 0 aliphatic heterocycles. The van der Waals surface area contributed by atoms with Gasteiger partial charge in [0.25, 0.3) is 0 Å². The summed E-state index contributed by atoms with van der Waals surface area (Å²) in [5.41, 5.74) is 2.74. The third kappa shape index (κ3) is 7.13. The van der Waals surface area contributed by atoms with Gasteiger partial charge in [-0.3, -0.25) is 4.79 Å². The average molecular weight is 469 g/mol. The van der Waals surface area contributed by atoms with E-state index in [9.17, 15) is 9.59 Å². The molecule has 2 aromatic carbocycles. The largest absolute Gasteiger partial charge is 0.497 e. The zero-order chi connectivity index (χ0) is 25.1. The summed E-state index contributed by atoms with van der Waals surface area (Å²) in [7, 11) is 4.58. The van der Waals surface area contributed by atoms with Gasteiger partial charge in [0.1, 0.15) is 28.6 Å². The van der Waals surface area contributed by atoms with Crippen molar-refractivity contribution in [1.29, 1.82) is 0 Å². The second-order valence-electron chi connectivity index (χ2n) is 7.51. The van der Waals surface area contributed by atoms with Crippen molar-refractivity contribution in [1.82, 2.24) is 0 Å². The van der Waals surface area contributed by atoms with Gasteiger partial charge in [-0.15, -0.1) is 0 Å². The number of rotatable bonds is 12. The number of carbonyl (C=O) groups excluding carboxylic acids is 2. The van der Waals surface area contributed by atoms with E-state index < -0.39 is 5.97 Å². The lowest BCUT2D eigenvalue weighted by Gasteiger charge is -2.19. The quantitative estimate of drug-likeness (QED) is 0.186. The monoisotopic (exact) mass is 468 g/mol. The van der Waals surface area contributed by atoms with Crippen LogP contribution in [0.4, 0.5) is 0 Å². The molecule has 34 heavy (non-hydrogen) atoms. The van der Waals surface area contributed by atoms with Gasteiger partial charge >= 0.3 is 5.97 Å². The summed E-state index contributed by atoms with van der Waals surface area (Å²) in [4.78, 5) is 25.4. The molecule has 0 saturated carbocycles. The molecule has 0 radical (unpaired) electrons. The highest BCUT2D eigenvalue weighted by atomic mass is 16.6. The highest BCUT2D eigenvalue weighted by Crippen LogP contribution is 2.40. The predicted octanol–water partition coefficient (Wildman–Crippen LogP) is 5.06. The minimum absolute atomic E-state index is 0.203. The van der Waals surface area contributed by atoms with E-state index in [4.69, 9.17) is 23.7 Å². The number of ketones is 1. The molecule has 2 rings (SSSR count). The maximum absolute atomic E-state index is 13.4. The number of hydrogen-bond donors (Lipinski definition) is 0. The molecule has 2 aromatic rings. The van der Waals surface area contributed by atoms with E-state index >= 15 is 0 Å². The molecule has 7 nitrogen and oxygen atoms in total. The third-order valence-electron chi connectivity index (χ3n) is 4.89. The Hall–Kier alpha value is -3.74. The van der Waals surface area contributed by atoms with Crippen molar-refractivity contribution < 1.29 is 33.3 Å². The van der Waals surface area contributed by atoms with Gasteiger partial charge in [-0.05, 0) is 51.0 Å². The van der Waals surface area contributed by atoms with Crippen LogP contribution >= 0.6 is 0 Å². The smallest absolute Gasteiger partial charge is 0.344 e. The van der Waals surface area contributed by atoms with Crippen molar-refractivity contribution in [3.8, 4) is 23.0 Å². The van der Waals surface area contributed by atoms with E-state index in [2.05, 4.69) is 0 Å². The summed E-state index contributed by atoms with van der Waals surface area (Å²) < 4.78 is 27.1. The molecule has 0 amide bonds. The van der Waals surface area contributed by atoms with Gasteiger partial charge in [-0.25, -0.2) is 4.79 Å². The van der Waals surface area contributed by atoms with Crippen LogP contribution in [0.5, 0.6) is 23.0 Å². The molecule has 0 aliphatic carbocycles. The number of allylic oxidation sites excluding steroid dienone is 3. The standard InChI is InChI=1S/C27H32O7/c1-7-33-25(29)17-34-27-21(14-8-18(2)3)23(31-5)16-24(32-6)26(27)22(28)15-11-19-9-12-20(30-4)13-10-19/h8-13,15-16H,7,14,17H2,1-6H3/b15-11+. The molecule has 0 aliphatic rings. The first-order valence-electron chi connectivity index (χ1n) is 10.9. The first-order valence-corrected chi connectivity index (χ1v) is 10.9. The maximum atomic E-state index is 13.4. The Labute approximate surface area is 200 Å². The fraction of sp³-hybridized carbons (Fsp3) is 0.333.